The van der Waals surface area contributed by atoms with Crippen molar-refractivity contribution in [3.63, 3.8) is 0 Å². The molecule has 0 amide bonds. The molecule has 3 heteroatoms. The second-order valence-electron chi connectivity index (χ2n) is 6.99. The van der Waals surface area contributed by atoms with Crippen LogP contribution >= 0.6 is 0 Å². The van der Waals surface area contributed by atoms with Crippen LogP contribution in [0.3, 0.4) is 0 Å². The maximum Gasteiger partial charge on any atom is 0.0702 e. The minimum atomic E-state index is 0.520. The highest BCUT2D eigenvalue weighted by Crippen LogP contribution is 2.22. The summed E-state index contributed by atoms with van der Waals surface area (Å²) in [4.78, 5) is 5.48. The van der Waals surface area contributed by atoms with Gasteiger partial charge in [-0.1, -0.05) is 12.8 Å². The highest BCUT2D eigenvalue weighted by molar-refractivity contribution is 4.83. The van der Waals surface area contributed by atoms with E-state index in [-0.39, 0.29) is 0 Å². The SMILES string of the molecule is C1CCCN([C@H]2CCCN(C[C@@H]3CCCCO3)C2)CC1. The first kappa shape index (κ1) is 14.8. The summed E-state index contributed by atoms with van der Waals surface area (Å²) in [5.74, 6) is 0. The minimum Gasteiger partial charge on any atom is -0.377 e. The molecule has 3 fully saturated rings. The lowest BCUT2D eigenvalue weighted by Gasteiger charge is -2.40. The van der Waals surface area contributed by atoms with Crippen LogP contribution < -0.4 is 0 Å². The quantitative estimate of drug-likeness (QED) is 0.790. The fourth-order valence-corrected chi connectivity index (χ4v) is 4.19. The molecule has 3 heterocycles. The van der Waals surface area contributed by atoms with Crippen LogP contribution in [0.1, 0.15) is 57.8 Å². The summed E-state index contributed by atoms with van der Waals surface area (Å²) in [7, 11) is 0. The van der Waals surface area contributed by atoms with Crippen LogP contribution in [0.4, 0.5) is 0 Å². The molecule has 0 aromatic heterocycles. The van der Waals surface area contributed by atoms with Gasteiger partial charge >= 0.3 is 0 Å². The Balaban J connectivity index is 1.47. The summed E-state index contributed by atoms with van der Waals surface area (Å²) in [5.41, 5.74) is 0. The summed E-state index contributed by atoms with van der Waals surface area (Å²) >= 11 is 0. The molecule has 0 radical (unpaired) electrons. The molecule has 3 rings (SSSR count). The van der Waals surface area contributed by atoms with Crippen molar-refractivity contribution in [1.82, 2.24) is 9.80 Å². The highest BCUT2D eigenvalue weighted by atomic mass is 16.5. The molecule has 0 bridgehead atoms. The van der Waals surface area contributed by atoms with Crippen LogP contribution in [-0.2, 0) is 4.74 Å². The van der Waals surface area contributed by atoms with Gasteiger partial charge in [0.25, 0.3) is 0 Å². The molecule has 3 saturated heterocycles. The summed E-state index contributed by atoms with van der Waals surface area (Å²) in [5, 5.41) is 0. The molecule has 0 saturated carbocycles. The van der Waals surface area contributed by atoms with Crippen LogP contribution in [0.5, 0.6) is 0 Å². The van der Waals surface area contributed by atoms with Gasteiger partial charge < -0.3 is 4.74 Å². The first-order valence-corrected chi connectivity index (χ1v) is 9.00. The van der Waals surface area contributed by atoms with Crippen molar-refractivity contribution in [2.45, 2.75) is 69.9 Å². The average molecular weight is 280 g/mol. The number of nitrogens with zero attached hydrogens (tertiary/aromatic N) is 2. The van der Waals surface area contributed by atoms with E-state index >= 15 is 0 Å². The van der Waals surface area contributed by atoms with E-state index in [2.05, 4.69) is 9.80 Å². The van der Waals surface area contributed by atoms with Crippen molar-refractivity contribution < 1.29 is 4.74 Å². The van der Waals surface area contributed by atoms with E-state index in [1.165, 1.54) is 90.5 Å². The molecule has 3 aliphatic heterocycles. The lowest BCUT2D eigenvalue weighted by atomic mass is 10.0. The third-order valence-electron chi connectivity index (χ3n) is 5.37. The van der Waals surface area contributed by atoms with Gasteiger partial charge in [-0.2, -0.15) is 0 Å². The van der Waals surface area contributed by atoms with E-state index in [4.69, 9.17) is 4.74 Å². The molecule has 3 aliphatic rings. The molecule has 3 nitrogen and oxygen atoms in total. The maximum absolute atomic E-state index is 5.93. The third-order valence-corrected chi connectivity index (χ3v) is 5.37. The van der Waals surface area contributed by atoms with E-state index in [0.717, 1.165) is 12.6 Å². The summed E-state index contributed by atoms with van der Waals surface area (Å²) in [6.45, 7) is 7.46. The van der Waals surface area contributed by atoms with Crippen molar-refractivity contribution in [3.05, 3.63) is 0 Å². The van der Waals surface area contributed by atoms with Crippen molar-refractivity contribution in [1.29, 1.82) is 0 Å². The van der Waals surface area contributed by atoms with Gasteiger partial charge in [0.2, 0.25) is 0 Å². The Morgan fingerprint density at radius 3 is 2.40 bits per heavy atom. The summed E-state index contributed by atoms with van der Waals surface area (Å²) in [6.07, 6.45) is 13.0. The number of rotatable bonds is 3. The smallest absolute Gasteiger partial charge is 0.0702 e. The molecule has 2 atom stereocenters. The van der Waals surface area contributed by atoms with Gasteiger partial charge in [0.15, 0.2) is 0 Å². The van der Waals surface area contributed by atoms with Crippen LogP contribution in [0.2, 0.25) is 0 Å². The number of ether oxygens (including phenoxy) is 1. The summed E-state index contributed by atoms with van der Waals surface area (Å²) < 4.78 is 5.93. The number of likely N-dealkylation sites (tertiary alicyclic amines) is 2. The normalized spacial score (nSPS) is 34.8. The van der Waals surface area contributed by atoms with Crippen LogP contribution in [-0.4, -0.2) is 61.3 Å². The van der Waals surface area contributed by atoms with Crippen LogP contribution in [0, 0.1) is 0 Å². The largest absolute Gasteiger partial charge is 0.377 e. The fourth-order valence-electron chi connectivity index (χ4n) is 4.19. The first-order chi connectivity index (χ1) is 9.92. The lowest BCUT2D eigenvalue weighted by Crippen LogP contribution is -2.50. The van der Waals surface area contributed by atoms with E-state index in [1.54, 1.807) is 0 Å². The zero-order valence-electron chi connectivity index (χ0n) is 13.1. The molecular weight excluding hydrogens is 248 g/mol. The molecule has 20 heavy (non-hydrogen) atoms. The average Bonchev–Trinajstić information content (AvgIpc) is 2.78. The molecular formula is C17H32N2O. The molecule has 0 N–H and O–H groups in total. The zero-order chi connectivity index (χ0) is 13.6. The predicted octanol–water partition coefficient (Wildman–Crippen LogP) is 2.90. The van der Waals surface area contributed by atoms with Crippen LogP contribution in [0.25, 0.3) is 0 Å². The van der Waals surface area contributed by atoms with Gasteiger partial charge in [0.05, 0.1) is 6.10 Å². The van der Waals surface area contributed by atoms with E-state index in [0.29, 0.717) is 6.10 Å². The zero-order valence-corrected chi connectivity index (χ0v) is 13.1. The van der Waals surface area contributed by atoms with Gasteiger partial charge in [0.1, 0.15) is 0 Å². The van der Waals surface area contributed by atoms with Crippen LogP contribution in [0.15, 0.2) is 0 Å². The molecule has 0 aliphatic carbocycles. The van der Waals surface area contributed by atoms with E-state index in [9.17, 15) is 0 Å². The predicted molar refractivity (Wildman–Crippen MR) is 83.1 cm³/mol. The monoisotopic (exact) mass is 280 g/mol. The number of hydrogen-bond donors (Lipinski definition) is 0. The van der Waals surface area contributed by atoms with Gasteiger partial charge in [-0.3, -0.25) is 9.80 Å². The summed E-state index contributed by atoms with van der Waals surface area (Å²) in [6, 6.07) is 0.824. The Morgan fingerprint density at radius 2 is 1.65 bits per heavy atom. The van der Waals surface area contributed by atoms with E-state index in [1.807, 2.05) is 0 Å². The van der Waals surface area contributed by atoms with Crippen molar-refractivity contribution in [3.8, 4) is 0 Å². The molecule has 116 valence electrons. The Morgan fingerprint density at radius 1 is 0.800 bits per heavy atom. The van der Waals surface area contributed by atoms with Crippen molar-refractivity contribution >= 4 is 0 Å². The first-order valence-electron chi connectivity index (χ1n) is 9.00. The van der Waals surface area contributed by atoms with Crippen molar-refractivity contribution in [2.24, 2.45) is 0 Å². The van der Waals surface area contributed by atoms with Crippen molar-refractivity contribution in [2.75, 3.05) is 39.3 Å². The molecule has 0 aromatic rings. The topological polar surface area (TPSA) is 15.7 Å². The van der Waals surface area contributed by atoms with Gasteiger partial charge in [-0.15, -0.1) is 0 Å². The Kier molecular flexibility index (Phi) is 5.75. The second-order valence-corrected chi connectivity index (χ2v) is 6.99. The standard InChI is InChI=1S/C17H32N2O/c1-2-5-12-19(11-4-1)16-8-7-10-18(14-16)15-17-9-3-6-13-20-17/h16-17H,1-15H2/t16-,17-/m0/s1. The number of piperidine rings is 1. The highest BCUT2D eigenvalue weighted by Gasteiger charge is 2.27. The fraction of sp³-hybridized carbons (Fsp3) is 1.00. The third kappa shape index (κ3) is 4.19. The Bertz CT molecular complexity index is 270. The Labute approximate surface area is 124 Å². The van der Waals surface area contributed by atoms with Gasteiger partial charge in [-0.25, -0.2) is 0 Å². The van der Waals surface area contributed by atoms with Gasteiger partial charge in [0, 0.05) is 25.7 Å². The molecule has 0 spiro atoms. The number of hydrogen-bond acceptors (Lipinski definition) is 3. The molecule has 0 unspecified atom stereocenters. The Hall–Kier alpha value is -0.120. The van der Waals surface area contributed by atoms with E-state index < -0.39 is 0 Å². The lowest BCUT2D eigenvalue weighted by molar-refractivity contribution is -0.0167. The van der Waals surface area contributed by atoms with Gasteiger partial charge in [-0.05, 0) is 64.6 Å². The maximum atomic E-state index is 5.93. The second kappa shape index (κ2) is 7.77. The molecule has 0 aromatic carbocycles. The minimum absolute atomic E-state index is 0.520.